The van der Waals surface area contributed by atoms with E-state index in [1.807, 2.05) is 18.2 Å². The molecule has 0 aromatic heterocycles. The van der Waals surface area contributed by atoms with Crippen molar-refractivity contribution < 1.29 is 24.5 Å². The van der Waals surface area contributed by atoms with Gasteiger partial charge in [0, 0.05) is 6.42 Å². The van der Waals surface area contributed by atoms with Crippen LogP contribution in [0.4, 0.5) is 0 Å². The van der Waals surface area contributed by atoms with Gasteiger partial charge >= 0.3 is 5.97 Å². The topological polar surface area (TPSA) is 95.9 Å². The maximum Gasteiger partial charge on any atom is 0.306 e. The van der Waals surface area contributed by atoms with Crippen LogP contribution in [0.1, 0.15) is 220 Å². The van der Waals surface area contributed by atoms with E-state index in [2.05, 4.69) is 68.6 Å². The van der Waals surface area contributed by atoms with E-state index < -0.39 is 18.2 Å². The average Bonchev–Trinajstić information content (AvgIpc) is 3.19. The number of unbranched alkanes of at least 4 members (excludes halogenated alkanes) is 21. The zero-order valence-electron chi connectivity index (χ0n) is 36.8. The van der Waals surface area contributed by atoms with Gasteiger partial charge in [-0.2, -0.15) is 0 Å². The van der Waals surface area contributed by atoms with E-state index in [1.54, 1.807) is 0 Å². The molecule has 0 bridgehead atoms. The van der Waals surface area contributed by atoms with Gasteiger partial charge in [-0.05, 0) is 64.2 Å². The Labute approximate surface area is 346 Å². The molecule has 0 radical (unpaired) electrons. The third-order valence-electron chi connectivity index (χ3n) is 10.4. The van der Waals surface area contributed by atoms with Crippen LogP contribution in [0.15, 0.2) is 60.8 Å². The van der Waals surface area contributed by atoms with Crippen LogP contribution in [0.5, 0.6) is 0 Å². The first kappa shape index (κ1) is 53.6. The summed E-state index contributed by atoms with van der Waals surface area (Å²) in [5.74, 6) is -0.593. The van der Waals surface area contributed by atoms with Crippen LogP contribution in [-0.4, -0.2) is 46.9 Å². The van der Waals surface area contributed by atoms with E-state index in [0.717, 1.165) is 64.2 Å². The van der Waals surface area contributed by atoms with Crippen molar-refractivity contribution >= 4 is 11.9 Å². The first-order valence-corrected chi connectivity index (χ1v) is 23.5. The number of amides is 1. The van der Waals surface area contributed by atoms with Gasteiger partial charge in [0.2, 0.25) is 5.91 Å². The van der Waals surface area contributed by atoms with Crippen molar-refractivity contribution in [1.29, 1.82) is 0 Å². The summed E-state index contributed by atoms with van der Waals surface area (Å²) >= 11 is 0. The van der Waals surface area contributed by atoms with Crippen LogP contribution < -0.4 is 5.32 Å². The fourth-order valence-corrected chi connectivity index (χ4v) is 6.84. The molecule has 56 heavy (non-hydrogen) atoms. The summed E-state index contributed by atoms with van der Waals surface area (Å²) in [7, 11) is 0. The Kier molecular flexibility index (Phi) is 41.8. The number of rotatable bonds is 41. The summed E-state index contributed by atoms with van der Waals surface area (Å²) in [6.07, 6.45) is 52.9. The molecule has 6 nitrogen and oxygen atoms in total. The molecule has 3 atom stereocenters. The molecule has 0 fully saturated rings. The monoisotopic (exact) mass is 784 g/mol. The van der Waals surface area contributed by atoms with Crippen molar-refractivity contribution in [3.8, 4) is 0 Å². The number of nitrogens with one attached hydrogen (secondary N) is 1. The van der Waals surface area contributed by atoms with Crippen LogP contribution >= 0.6 is 0 Å². The molecule has 0 saturated carbocycles. The summed E-state index contributed by atoms with van der Waals surface area (Å²) in [6.45, 7) is 6.30. The molecule has 0 heterocycles. The molecule has 0 saturated heterocycles. The van der Waals surface area contributed by atoms with Gasteiger partial charge in [0.05, 0.1) is 25.2 Å². The lowest BCUT2D eigenvalue weighted by Crippen LogP contribution is -2.46. The minimum atomic E-state index is -0.805. The minimum absolute atomic E-state index is 0.0307. The smallest absolute Gasteiger partial charge is 0.306 e. The second-order valence-corrected chi connectivity index (χ2v) is 15.8. The van der Waals surface area contributed by atoms with E-state index in [-0.39, 0.29) is 31.3 Å². The maximum absolute atomic E-state index is 13.1. The number of aliphatic hydroxyl groups excluding tert-OH is 2. The highest BCUT2D eigenvalue weighted by Gasteiger charge is 2.24. The second kappa shape index (κ2) is 43.7. The number of ether oxygens (including phenoxy) is 1. The summed E-state index contributed by atoms with van der Waals surface area (Å²) in [4.78, 5) is 25.9. The van der Waals surface area contributed by atoms with E-state index in [1.165, 1.54) is 103 Å². The summed E-state index contributed by atoms with van der Waals surface area (Å²) in [5, 5.41) is 23.6. The highest BCUT2D eigenvalue weighted by atomic mass is 16.5. The predicted octanol–water partition coefficient (Wildman–Crippen LogP) is 13.7. The van der Waals surface area contributed by atoms with Gasteiger partial charge in [0.1, 0.15) is 6.10 Å². The van der Waals surface area contributed by atoms with E-state index in [4.69, 9.17) is 4.74 Å². The van der Waals surface area contributed by atoms with Crippen molar-refractivity contribution in [3.05, 3.63) is 60.8 Å². The number of hydrogen-bond donors (Lipinski definition) is 3. The van der Waals surface area contributed by atoms with E-state index in [0.29, 0.717) is 19.3 Å². The van der Waals surface area contributed by atoms with Crippen LogP contribution in [0, 0.1) is 0 Å². The quantitative estimate of drug-likeness (QED) is 0.0248. The number of hydrogen-bond acceptors (Lipinski definition) is 5. The second-order valence-electron chi connectivity index (χ2n) is 15.8. The Balaban J connectivity index is 4.67. The first-order chi connectivity index (χ1) is 27.5. The lowest BCUT2D eigenvalue weighted by atomic mass is 10.0. The number of aliphatic hydroxyl groups is 2. The molecular formula is C50H89NO5. The van der Waals surface area contributed by atoms with E-state index in [9.17, 15) is 19.8 Å². The van der Waals surface area contributed by atoms with Gasteiger partial charge in [0.25, 0.3) is 0 Å². The summed E-state index contributed by atoms with van der Waals surface area (Å²) < 4.78 is 5.85. The Morgan fingerprint density at radius 1 is 0.554 bits per heavy atom. The zero-order valence-corrected chi connectivity index (χ0v) is 36.8. The zero-order chi connectivity index (χ0) is 41.0. The molecule has 0 aliphatic rings. The Morgan fingerprint density at radius 3 is 1.61 bits per heavy atom. The van der Waals surface area contributed by atoms with Crippen molar-refractivity contribution in [3.63, 3.8) is 0 Å². The molecule has 3 N–H and O–H groups in total. The Morgan fingerprint density at radius 2 is 1.04 bits per heavy atom. The fourth-order valence-electron chi connectivity index (χ4n) is 6.84. The van der Waals surface area contributed by atoms with Gasteiger partial charge in [-0.25, -0.2) is 0 Å². The van der Waals surface area contributed by atoms with Gasteiger partial charge in [-0.3, -0.25) is 9.59 Å². The lowest BCUT2D eigenvalue weighted by molar-refractivity contribution is -0.150. The molecule has 0 aliphatic carbocycles. The summed E-state index contributed by atoms with van der Waals surface area (Å²) in [5.41, 5.74) is 0. The predicted molar refractivity (Wildman–Crippen MR) is 241 cm³/mol. The Hall–Kier alpha value is -2.44. The minimum Gasteiger partial charge on any atom is -0.462 e. The molecular weight excluding hydrogens is 695 g/mol. The van der Waals surface area contributed by atoms with Gasteiger partial charge < -0.3 is 20.3 Å². The summed E-state index contributed by atoms with van der Waals surface area (Å²) in [6, 6.07) is -0.723. The molecule has 324 valence electrons. The normalized spacial score (nSPS) is 13.9. The Bertz CT molecular complexity index is 1010. The number of allylic oxidation sites excluding steroid dienone is 10. The van der Waals surface area contributed by atoms with Crippen molar-refractivity contribution in [2.45, 2.75) is 238 Å². The molecule has 0 spiro atoms. The molecule has 0 aromatic carbocycles. The van der Waals surface area contributed by atoms with Crippen molar-refractivity contribution in [2.75, 3.05) is 6.61 Å². The van der Waals surface area contributed by atoms with Crippen LogP contribution in [0.3, 0.4) is 0 Å². The molecule has 0 aliphatic heterocycles. The van der Waals surface area contributed by atoms with E-state index >= 15 is 0 Å². The van der Waals surface area contributed by atoms with Crippen LogP contribution in [0.2, 0.25) is 0 Å². The van der Waals surface area contributed by atoms with Gasteiger partial charge in [-0.15, -0.1) is 0 Å². The third kappa shape index (κ3) is 38.4. The molecule has 0 rings (SSSR count). The fraction of sp³-hybridized carbons (Fsp3) is 0.760. The van der Waals surface area contributed by atoms with Crippen LogP contribution in [-0.2, 0) is 14.3 Å². The van der Waals surface area contributed by atoms with Crippen molar-refractivity contribution in [1.82, 2.24) is 5.32 Å². The SMILES string of the molecule is CC/C=C/C=C/C=C\CCCCCC(CC(=O)NC(CO)C(O)CCCCCCCCCCCCCCC)OC(=O)CC/C=C/C/C=C\CCCCCCCC. The van der Waals surface area contributed by atoms with Crippen molar-refractivity contribution in [2.24, 2.45) is 0 Å². The molecule has 6 heteroatoms. The lowest BCUT2D eigenvalue weighted by Gasteiger charge is -2.24. The molecule has 1 amide bonds. The van der Waals surface area contributed by atoms with Gasteiger partial charge in [-0.1, -0.05) is 204 Å². The highest BCUT2D eigenvalue weighted by molar-refractivity contribution is 5.77. The average molecular weight is 784 g/mol. The maximum atomic E-state index is 13.1. The third-order valence-corrected chi connectivity index (χ3v) is 10.4. The van der Waals surface area contributed by atoms with Gasteiger partial charge in [0.15, 0.2) is 0 Å². The van der Waals surface area contributed by atoms with Crippen LogP contribution in [0.25, 0.3) is 0 Å². The number of esters is 1. The number of carbonyl (C=O) groups is 2. The molecule has 0 aromatic rings. The largest absolute Gasteiger partial charge is 0.462 e. The molecule has 3 unspecified atom stereocenters. The number of carbonyl (C=O) groups excluding carboxylic acids is 2. The highest BCUT2D eigenvalue weighted by Crippen LogP contribution is 2.16. The standard InChI is InChI=1S/C50H89NO5/c1-4-7-10-13-16-19-22-24-27-30-33-36-39-42-48(53)47(45-52)51-49(54)44-46(41-38-35-32-29-26-21-18-15-12-9-6-3)56-50(55)43-40-37-34-31-28-25-23-20-17-14-11-8-5-2/h9,12,15,18,21,25-26,28,34,37,46-48,52-53H,4-8,10-11,13-14,16-17,19-20,22-24,27,29-33,35-36,38-45H2,1-3H3,(H,51,54)/b12-9+,18-15+,26-21-,28-25-,37-34+. The first-order valence-electron chi connectivity index (χ1n) is 23.5.